The van der Waals surface area contributed by atoms with Crippen molar-refractivity contribution in [3.05, 3.63) is 58.1 Å². The van der Waals surface area contributed by atoms with E-state index in [2.05, 4.69) is 36.3 Å². The van der Waals surface area contributed by atoms with Gasteiger partial charge in [0.15, 0.2) is 0 Å². The number of hydrogen-bond acceptors (Lipinski definition) is 11. The number of nitrogens with one attached hydrogen (secondary N) is 7. The van der Waals surface area contributed by atoms with Crippen molar-refractivity contribution in [2.75, 3.05) is 19.6 Å². The van der Waals surface area contributed by atoms with E-state index in [0.717, 1.165) is 5.56 Å². The summed E-state index contributed by atoms with van der Waals surface area (Å²) < 4.78 is 41.4. The van der Waals surface area contributed by atoms with Crippen molar-refractivity contribution in [3.8, 4) is 5.75 Å². The molecule has 2 aromatic carbocycles. The van der Waals surface area contributed by atoms with Crippen LogP contribution in [0.1, 0.15) is 101 Å². The summed E-state index contributed by atoms with van der Waals surface area (Å²) in [5.74, 6) is -4.26. The molecule has 2 aliphatic heterocycles. The summed E-state index contributed by atoms with van der Waals surface area (Å²) in [4.78, 5) is 84.6. The van der Waals surface area contributed by atoms with E-state index in [0.29, 0.717) is 53.8 Å². The zero-order chi connectivity index (χ0) is 47.6. The number of carbonyl (C=O) groups is 6. The summed E-state index contributed by atoms with van der Waals surface area (Å²) in [5.41, 5.74) is 13.8. The Morgan fingerprint density at radius 3 is 2.08 bits per heavy atom. The molecular weight excluding hydrogens is 847 g/mol. The van der Waals surface area contributed by atoms with Crippen LogP contribution in [0.4, 0.5) is 0 Å². The van der Waals surface area contributed by atoms with E-state index in [9.17, 15) is 37.2 Å². The first-order valence-corrected chi connectivity index (χ1v) is 23.0. The van der Waals surface area contributed by atoms with E-state index in [-0.39, 0.29) is 43.1 Å². The molecule has 0 saturated carbocycles. The van der Waals surface area contributed by atoms with E-state index in [4.69, 9.17) is 20.9 Å². The second-order valence-electron chi connectivity index (χ2n) is 17.9. The SMILES string of the molecule is Cc1c(C)c(S(=O)(=O)NC(N)=[NH+]CCC[C@@H]2NC(=O)[C@H](CCCCN)NC(=O)[C@@H](Cc3ccccc3)NC(=O)[C@H](CC(=O)OC(C)(C)C)NC(=O)CNC2=O)c(C)c2c1OC(C)(C)C2. The molecule has 4 rings (SSSR count). The Balaban J connectivity index is 1.57. The lowest BCUT2D eigenvalue weighted by atomic mass is 9.94. The molecule has 2 aliphatic rings. The highest BCUT2D eigenvalue weighted by Crippen LogP contribution is 2.43. The summed E-state index contributed by atoms with van der Waals surface area (Å²) in [6.45, 7) is 13.8. The maximum Gasteiger partial charge on any atom is 0.356 e. The van der Waals surface area contributed by atoms with Crippen molar-refractivity contribution in [1.82, 2.24) is 31.3 Å². The zero-order valence-electron chi connectivity index (χ0n) is 38.1. The smallest absolute Gasteiger partial charge is 0.356 e. The lowest BCUT2D eigenvalue weighted by Gasteiger charge is -2.26. The van der Waals surface area contributed by atoms with Crippen molar-refractivity contribution in [1.29, 1.82) is 0 Å². The Hall–Kier alpha value is -5.76. The van der Waals surface area contributed by atoms with Crippen molar-refractivity contribution >= 4 is 51.5 Å². The van der Waals surface area contributed by atoms with Gasteiger partial charge >= 0.3 is 22.0 Å². The fourth-order valence-corrected chi connectivity index (χ4v) is 9.16. The Kier molecular flexibility index (Phi) is 17.3. The van der Waals surface area contributed by atoms with E-state index < -0.39 is 93.9 Å². The first-order chi connectivity index (χ1) is 29.9. The van der Waals surface area contributed by atoms with Gasteiger partial charge in [-0.2, -0.15) is 13.1 Å². The molecule has 0 spiro atoms. The highest BCUT2D eigenvalue weighted by molar-refractivity contribution is 7.90. The Morgan fingerprint density at radius 1 is 0.844 bits per heavy atom. The minimum atomic E-state index is -4.16. The molecular formula is C44H66N9O10S+. The largest absolute Gasteiger partial charge is 0.487 e. The first-order valence-electron chi connectivity index (χ1n) is 21.6. The van der Waals surface area contributed by atoms with Gasteiger partial charge in [-0.25, -0.2) is 0 Å². The lowest BCUT2D eigenvalue weighted by Crippen LogP contribution is -2.79. The number of fused-ring (bicyclic) bond motifs is 1. The molecule has 64 heavy (non-hydrogen) atoms. The van der Waals surface area contributed by atoms with Gasteiger partial charge in [0.25, 0.3) is 0 Å². The van der Waals surface area contributed by atoms with Crippen molar-refractivity contribution < 1.29 is 51.7 Å². The van der Waals surface area contributed by atoms with Crippen LogP contribution >= 0.6 is 0 Å². The molecule has 0 radical (unpaired) electrons. The number of sulfonamides is 1. The van der Waals surface area contributed by atoms with Crippen molar-refractivity contribution in [2.45, 2.75) is 147 Å². The molecule has 2 heterocycles. The van der Waals surface area contributed by atoms with Gasteiger partial charge in [0.2, 0.25) is 29.5 Å². The number of amides is 5. The molecule has 19 nitrogen and oxygen atoms in total. The molecule has 0 bridgehead atoms. The normalized spacial score (nSPS) is 21.1. The number of guanidine groups is 1. The molecule has 1 saturated heterocycles. The van der Waals surface area contributed by atoms with Gasteiger partial charge in [-0.1, -0.05) is 30.3 Å². The minimum Gasteiger partial charge on any atom is -0.487 e. The minimum absolute atomic E-state index is 0.00585. The van der Waals surface area contributed by atoms with Crippen LogP contribution in [0.25, 0.3) is 0 Å². The van der Waals surface area contributed by atoms with Crippen LogP contribution in [0.15, 0.2) is 35.2 Å². The van der Waals surface area contributed by atoms with Crippen molar-refractivity contribution in [3.63, 3.8) is 0 Å². The molecule has 20 heteroatoms. The van der Waals surface area contributed by atoms with Crippen LogP contribution in [0, 0.1) is 20.8 Å². The van der Waals surface area contributed by atoms with Gasteiger partial charge in [-0.3, -0.25) is 39.5 Å². The van der Waals surface area contributed by atoms with Gasteiger partial charge in [0.1, 0.15) is 46.0 Å². The van der Waals surface area contributed by atoms with Gasteiger partial charge in [-0.05, 0) is 116 Å². The number of benzene rings is 2. The van der Waals surface area contributed by atoms with Crippen LogP contribution in [-0.4, -0.2) is 105 Å². The van der Waals surface area contributed by atoms with E-state index >= 15 is 0 Å². The summed E-state index contributed by atoms with van der Waals surface area (Å²) in [5, 5.41) is 13.1. The van der Waals surface area contributed by atoms with E-state index in [1.165, 1.54) is 0 Å². The molecule has 11 N–H and O–H groups in total. The standard InChI is InChI=1S/C44H65N9O10S/c1-25-26(2)37(27(3)29-23-44(7,8)63-36(25)29)64(60,61)53-42(46)47-20-14-18-30-38(56)48-24-34(54)49-33(22-35(55)62-43(4,5)6)41(59)52-32(21-28-15-10-9-11-16-28)40(58)51-31(39(57)50-30)17-12-13-19-45/h9-11,15-16,30-33H,12-14,17-24,45H2,1-8H3,(H,48,56)(H,49,54)(H,50,57)(H,51,58)(H,52,59)(H3,46,47,53)/p+1/t30-,31-,32+,33-/m0/s1. The third kappa shape index (κ3) is 14.4. The van der Waals surface area contributed by atoms with Gasteiger partial charge < -0.3 is 41.8 Å². The number of esters is 1. The number of nitrogens with two attached hydrogens (primary N) is 2. The number of unbranched alkanes of at least 4 members (excludes halogenated alkanes) is 1. The van der Waals surface area contributed by atoms with Crippen LogP contribution < -0.4 is 52.5 Å². The van der Waals surface area contributed by atoms with Crippen LogP contribution in [-0.2, 0) is 56.4 Å². The molecule has 0 unspecified atom stereocenters. The average Bonchev–Trinajstić information content (AvgIpc) is 3.53. The molecule has 5 amide bonds. The number of carbonyl (C=O) groups excluding carboxylic acids is 6. The van der Waals surface area contributed by atoms with E-state index in [1.54, 1.807) is 65.0 Å². The summed E-state index contributed by atoms with van der Waals surface area (Å²) in [6.07, 6.45) is 1.18. The monoisotopic (exact) mass is 912 g/mol. The Bertz CT molecular complexity index is 2210. The summed E-state index contributed by atoms with van der Waals surface area (Å²) in [6, 6.07) is 3.63. The molecule has 352 valence electrons. The topological polar surface area (TPSA) is 293 Å². The van der Waals surface area contributed by atoms with E-state index in [1.807, 2.05) is 20.8 Å². The molecule has 1 fully saturated rings. The number of hydrogen-bond donors (Lipinski definition) is 9. The van der Waals surface area contributed by atoms with Gasteiger partial charge in [-0.15, -0.1) is 0 Å². The third-order valence-electron chi connectivity index (χ3n) is 10.8. The molecule has 0 aromatic heterocycles. The second-order valence-corrected chi connectivity index (χ2v) is 19.5. The number of rotatable bonds is 14. The fourth-order valence-electron chi connectivity index (χ4n) is 7.61. The molecule has 0 aliphatic carbocycles. The summed E-state index contributed by atoms with van der Waals surface area (Å²) in [7, 11) is -4.16. The maximum absolute atomic E-state index is 14.0. The van der Waals surface area contributed by atoms with Crippen LogP contribution in [0.5, 0.6) is 5.75 Å². The first kappa shape index (κ1) is 50.9. The molecule has 4 atom stereocenters. The second kappa shape index (κ2) is 21.7. The van der Waals surface area contributed by atoms with Crippen LogP contribution in [0.2, 0.25) is 0 Å². The fraction of sp³-hybridized carbons (Fsp3) is 0.568. The Labute approximate surface area is 375 Å². The van der Waals surface area contributed by atoms with Gasteiger partial charge in [0.05, 0.1) is 19.5 Å². The maximum atomic E-state index is 14.0. The third-order valence-corrected chi connectivity index (χ3v) is 12.4. The number of ether oxygens (including phenoxy) is 2. The summed E-state index contributed by atoms with van der Waals surface area (Å²) >= 11 is 0. The lowest BCUT2D eigenvalue weighted by molar-refractivity contribution is -0.460. The predicted molar refractivity (Wildman–Crippen MR) is 238 cm³/mol. The van der Waals surface area contributed by atoms with Crippen molar-refractivity contribution in [2.24, 2.45) is 11.5 Å². The quantitative estimate of drug-likeness (QED) is 0.0475. The van der Waals surface area contributed by atoms with Gasteiger partial charge in [0, 0.05) is 18.4 Å². The average molecular weight is 913 g/mol. The zero-order valence-corrected chi connectivity index (χ0v) is 38.9. The highest BCUT2D eigenvalue weighted by atomic mass is 32.2. The Morgan fingerprint density at radius 2 is 1.44 bits per heavy atom. The molecule has 2 aromatic rings. The predicted octanol–water partition coefficient (Wildman–Crippen LogP) is -1.05. The highest BCUT2D eigenvalue weighted by Gasteiger charge is 2.38. The van der Waals surface area contributed by atoms with Crippen LogP contribution in [0.3, 0.4) is 0 Å².